The van der Waals surface area contributed by atoms with Crippen LogP contribution in [0.15, 0.2) is 0 Å². The zero-order chi connectivity index (χ0) is 20.2. The summed E-state index contributed by atoms with van der Waals surface area (Å²) in [5.74, 6) is -0.149. The second kappa shape index (κ2) is 20.8. The number of hydrogen-bond donors (Lipinski definition) is 2. The summed E-state index contributed by atoms with van der Waals surface area (Å²) in [6, 6.07) is 0. The summed E-state index contributed by atoms with van der Waals surface area (Å²) < 4.78 is 10.4. The molecule has 0 rings (SSSR count). The molecule has 2 N–H and O–H groups in total. The Labute approximate surface area is 180 Å². The smallest absolute Gasteiger partial charge is 0.315 e. The maximum absolute atomic E-state index is 11.0. The number of aliphatic hydroxyl groups excluding tert-OH is 2. The monoisotopic (exact) mass is 500 g/mol. The summed E-state index contributed by atoms with van der Waals surface area (Å²) in [6.07, 6.45) is 14.7. The maximum Gasteiger partial charge on any atom is 0.315 e. The molecule has 0 aliphatic heterocycles. The minimum absolute atomic E-state index is 0.110. The molecule has 0 aromatic rings. The van der Waals surface area contributed by atoms with E-state index in [0.29, 0.717) is 19.4 Å². The van der Waals surface area contributed by atoms with Gasteiger partial charge >= 0.3 is 5.97 Å². The Morgan fingerprint density at radius 2 is 1.48 bits per heavy atom. The molecule has 0 aliphatic rings. The number of hydrogen-bond acceptors (Lipinski definition) is 5. The molecule has 27 heavy (non-hydrogen) atoms. The van der Waals surface area contributed by atoms with Gasteiger partial charge in [0.05, 0.1) is 12.2 Å². The molecule has 6 heteroatoms. The van der Waals surface area contributed by atoms with Crippen molar-refractivity contribution in [1.82, 2.24) is 0 Å². The fourth-order valence-electron chi connectivity index (χ4n) is 3.19. The van der Waals surface area contributed by atoms with Crippen molar-refractivity contribution in [3.8, 4) is 0 Å². The van der Waals surface area contributed by atoms with Gasteiger partial charge in [-0.1, -0.05) is 71.1 Å². The largest absolute Gasteiger partial charge is 0.396 e. The lowest BCUT2D eigenvalue weighted by Crippen LogP contribution is -2.29. The molecule has 0 spiro atoms. The van der Waals surface area contributed by atoms with Gasteiger partial charge in [0.2, 0.25) is 0 Å². The van der Waals surface area contributed by atoms with Crippen LogP contribution in [0.5, 0.6) is 0 Å². The number of rotatable bonds is 20. The normalized spacial score (nSPS) is 13.5. The zero-order valence-electron chi connectivity index (χ0n) is 17.2. The molecule has 0 aromatic heterocycles. The molecular weight excluding hydrogens is 459 g/mol. The molecule has 2 atom stereocenters. The number of carbonyl (C=O) groups excluding carboxylic acids is 1. The third-order valence-electron chi connectivity index (χ3n) is 4.87. The molecular formula is C21H41IO5. The summed E-state index contributed by atoms with van der Waals surface area (Å²) in [5, 5.41) is 19.4. The van der Waals surface area contributed by atoms with E-state index >= 15 is 0 Å². The molecule has 0 radical (unpaired) electrons. The van der Waals surface area contributed by atoms with Crippen LogP contribution in [0.4, 0.5) is 0 Å². The van der Waals surface area contributed by atoms with Gasteiger partial charge in [0.25, 0.3) is 0 Å². The predicted molar refractivity (Wildman–Crippen MR) is 118 cm³/mol. The average Bonchev–Trinajstić information content (AvgIpc) is 2.68. The fraction of sp³-hybridized carbons (Fsp3) is 0.952. The first kappa shape index (κ1) is 27.1. The lowest BCUT2D eigenvalue weighted by Gasteiger charge is -2.23. The average molecular weight is 500 g/mol. The van der Waals surface area contributed by atoms with Crippen LogP contribution < -0.4 is 0 Å². The third-order valence-corrected chi connectivity index (χ3v) is 5.36. The van der Waals surface area contributed by atoms with Crippen molar-refractivity contribution in [2.24, 2.45) is 0 Å². The number of halogens is 1. The predicted octanol–water partition coefficient (Wildman–Crippen LogP) is 5.49. The molecule has 5 nitrogen and oxygen atoms in total. The van der Waals surface area contributed by atoms with Crippen molar-refractivity contribution in [1.29, 1.82) is 0 Å². The van der Waals surface area contributed by atoms with Gasteiger partial charge in [-0.3, -0.25) is 4.79 Å². The van der Waals surface area contributed by atoms with Crippen LogP contribution in [0.25, 0.3) is 0 Å². The molecule has 0 fully saturated rings. The Hall–Kier alpha value is 0.0800. The van der Waals surface area contributed by atoms with E-state index in [1.807, 2.05) is 0 Å². The molecule has 0 bridgehead atoms. The highest BCUT2D eigenvalue weighted by Crippen LogP contribution is 2.18. The van der Waals surface area contributed by atoms with Crippen molar-refractivity contribution in [2.45, 2.75) is 115 Å². The van der Waals surface area contributed by atoms with Gasteiger partial charge in [-0.2, -0.15) is 0 Å². The first-order chi connectivity index (χ1) is 13.2. The highest BCUT2D eigenvalue weighted by Gasteiger charge is 2.19. The van der Waals surface area contributed by atoms with Crippen LogP contribution in [-0.2, 0) is 12.6 Å². The molecule has 0 saturated heterocycles. The Morgan fingerprint density at radius 1 is 0.889 bits per heavy atom. The second-order valence-corrected chi connectivity index (χ2v) is 7.81. The molecule has 0 aliphatic carbocycles. The summed E-state index contributed by atoms with van der Waals surface area (Å²) in [4.78, 5) is 11.0. The maximum atomic E-state index is 11.0. The summed E-state index contributed by atoms with van der Waals surface area (Å²) in [6.45, 7) is 2.87. The molecule has 0 saturated carbocycles. The fourth-order valence-corrected chi connectivity index (χ4v) is 3.41. The zero-order valence-corrected chi connectivity index (χ0v) is 19.3. The van der Waals surface area contributed by atoms with E-state index in [2.05, 4.69) is 9.99 Å². The Morgan fingerprint density at radius 3 is 2.11 bits per heavy atom. The van der Waals surface area contributed by atoms with Gasteiger partial charge in [-0.05, 0) is 25.7 Å². The highest BCUT2D eigenvalue weighted by molar-refractivity contribution is 14.1. The van der Waals surface area contributed by atoms with Crippen molar-refractivity contribution in [2.75, 3.05) is 13.2 Å². The quantitative estimate of drug-likeness (QED) is 0.171. The Bertz CT molecular complexity index is 328. The molecule has 0 aromatic carbocycles. The van der Waals surface area contributed by atoms with Crippen LogP contribution >= 0.6 is 23.0 Å². The summed E-state index contributed by atoms with van der Waals surface area (Å²) in [7, 11) is 0. The van der Waals surface area contributed by atoms with Crippen LogP contribution in [0.2, 0.25) is 0 Å². The molecule has 0 amide bonds. The third kappa shape index (κ3) is 17.9. The van der Waals surface area contributed by atoms with Gasteiger partial charge in [0.1, 0.15) is 0 Å². The second-order valence-electron chi connectivity index (χ2n) is 7.37. The standard InChI is InChI=1S/C21H41IO5/c1-2-3-4-5-8-11-15-20(26-18-13-17-23)19(24)14-10-7-6-9-12-16-21(25)27-22/h19-20,23-24H,2-18H2,1H3. The number of carbonyl (C=O) groups is 1. The lowest BCUT2D eigenvalue weighted by molar-refractivity contribution is -0.131. The number of ether oxygens (including phenoxy) is 1. The lowest BCUT2D eigenvalue weighted by atomic mass is 9.99. The minimum atomic E-state index is -0.423. The SMILES string of the molecule is CCCCCCCCC(OCCCO)C(O)CCCCCCCC(=O)OI. The van der Waals surface area contributed by atoms with Gasteiger partial charge in [0.15, 0.2) is 23.0 Å². The first-order valence-electron chi connectivity index (χ1n) is 10.9. The van der Waals surface area contributed by atoms with E-state index in [4.69, 9.17) is 9.84 Å². The van der Waals surface area contributed by atoms with Crippen LogP contribution in [0, 0.1) is 0 Å². The number of unbranched alkanes of at least 4 members (excludes halogenated alkanes) is 9. The van der Waals surface area contributed by atoms with E-state index < -0.39 is 6.10 Å². The van der Waals surface area contributed by atoms with Gasteiger partial charge < -0.3 is 18.0 Å². The Kier molecular flexibility index (Phi) is 20.9. The van der Waals surface area contributed by atoms with Gasteiger partial charge in [-0.25, -0.2) is 0 Å². The van der Waals surface area contributed by atoms with E-state index in [-0.39, 0.29) is 18.7 Å². The summed E-state index contributed by atoms with van der Waals surface area (Å²) in [5.41, 5.74) is 0. The molecule has 2 unspecified atom stereocenters. The van der Waals surface area contributed by atoms with Crippen molar-refractivity contribution >= 4 is 29.0 Å². The highest BCUT2D eigenvalue weighted by atomic mass is 127. The molecule has 162 valence electrons. The first-order valence-corrected chi connectivity index (χ1v) is 11.8. The van der Waals surface area contributed by atoms with E-state index in [9.17, 15) is 9.90 Å². The van der Waals surface area contributed by atoms with Gasteiger partial charge in [0, 0.05) is 19.6 Å². The minimum Gasteiger partial charge on any atom is -0.396 e. The van der Waals surface area contributed by atoms with E-state index in [1.165, 1.54) is 32.1 Å². The van der Waals surface area contributed by atoms with Crippen LogP contribution in [-0.4, -0.2) is 41.6 Å². The number of aliphatic hydroxyl groups is 2. The van der Waals surface area contributed by atoms with E-state index in [1.54, 1.807) is 23.0 Å². The Balaban J connectivity index is 3.89. The topological polar surface area (TPSA) is 76.0 Å². The van der Waals surface area contributed by atoms with Crippen LogP contribution in [0.3, 0.4) is 0 Å². The van der Waals surface area contributed by atoms with Crippen molar-refractivity contribution in [3.63, 3.8) is 0 Å². The van der Waals surface area contributed by atoms with Gasteiger partial charge in [-0.15, -0.1) is 0 Å². The van der Waals surface area contributed by atoms with E-state index in [0.717, 1.165) is 51.4 Å². The molecule has 0 heterocycles. The van der Waals surface area contributed by atoms with Crippen LogP contribution in [0.1, 0.15) is 103 Å². The van der Waals surface area contributed by atoms with Crippen molar-refractivity contribution in [3.05, 3.63) is 0 Å². The van der Waals surface area contributed by atoms with Crippen molar-refractivity contribution < 1.29 is 22.8 Å². The summed E-state index contributed by atoms with van der Waals surface area (Å²) >= 11 is 1.63.